The van der Waals surface area contributed by atoms with Crippen LogP contribution in [0.1, 0.15) is 18.6 Å². The fourth-order valence-corrected chi connectivity index (χ4v) is 2.63. The second-order valence-electron chi connectivity index (χ2n) is 5.89. The van der Waals surface area contributed by atoms with Gasteiger partial charge in [-0.1, -0.05) is 18.2 Å². The number of nitrogens with one attached hydrogen (secondary N) is 1. The van der Waals surface area contributed by atoms with Crippen LogP contribution in [0.25, 0.3) is 0 Å². The van der Waals surface area contributed by atoms with Gasteiger partial charge in [0.05, 0.1) is 12.7 Å². The minimum absolute atomic E-state index is 0.0644. The zero-order valence-corrected chi connectivity index (χ0v) is 15.1. The standard InChI is InChI=1S/C20H23NO6/c1-2-24-16-5-3-4-6-17(16)27-13-20(23)21-12-15(22)14-7-8-18-19(11-14)26-10-9-25-18/h3-8,11,15,22H,2,9-10,12-13H2,1H3,(H,21,23). The molecule has 7 heteroatoms. The number of fused-ring (bicyclic) bond motifs is 1. The summed E-state index contributed by atoms with van der Waals surface area (Å²) in [6, 6.07) is 12.4. The van der Waals surface area contributed by atoms with Gasteiger partial charge in [-0.15, -0.1) is 0 Å². The second kappa shape index (κ2) is 9.14. The molecular formula is C20H23NO6. The Labute approximate surface area is 157 Å². The molecule has 1 amide bonds. The Bertz CT molecular complexity index is 779. The fourth-order valence-electron chi connectivity index (χ4n) is 2.63. The summed E-state index contributed by atoms with van der Waals surface area (Å²) in [7, 11) is 0. The Kier molecular flexibility index (Phi) is 6.38. The topological polar surface area (TPSA) is 86.3 Å². The van der Waals surface area contributed by atoms with E-state index < -0.39 is 6.10 Å². The molecule has 1 aliphatic rings. The number of rotatable bonds is 8. The average molecular weight is 373 g/mol. The first kappa shape index (κ1) is 18.8. The first-order valence-electron chi connectivity index (χ1n) is 8.86. The normalized spacial score (nSPS) is 13.6. The third-order valence-corrected chi connectivity index (χ3v) is 3.95. The number of aliphatic hydroxyl groups is 1. The third-order valence-electron chi connectivity index (χ3n) is 3.95. The molecule has 1 aliphatic heterocycles. The average Bonchev–Trinajstić information content (AvgIpc) is 2.71. The number of benzene rings is 2. The molecule has 27 heavy (non-hydrogen) atoms. The van der Waals surface area contributed by atoms with E-state index in [-0.39, 0.29) is 19.1 Å². The van der Waals surface area contributed by atoms with E-state index in [0.717, 1.165) is 0 Å². The molecule has 1 atom stereocenters. The van der Waals surface area contributed by atoms with E-state index in [2.05, 4.69) is 5.32 Å². The van der Waals surface area contributed by atoms with Crippen molar-refractivity contribution in [3.8, 4) is 23.0 Å². The van der Waals surface area contributed by atoms with E-state index >= 15 is 0 Å². The van der Waals surface area contributed by atoms with Crippen LogP contribution in [0.3, 0.4) is 0 Å². The Morgan fingerprint density at radius 3 is 2.56 bits per heavy atom. The molecule has 1 heterocycles. The van der Waals surface area contributed by atoms with Crippen LogP contribution in [-0.4, -0.2) is 44.0 Å². The van der Waals surface area contributed by atoms with E-state index in [1.54, 1.807) is 36.4 Å². The molecule has 2 aromatic carbocycles. The van der Waals surface area contributed by atoms with Gasteiger partial charge in [0.25, 0.3) is 5.91 Å². The lowest BCUT2D eigenvalue weighted by atomic mass is 10.1. The van der Waals surface area contributed by atoms with Gasteiger partial charge in [0, 0.05) is 6.54 Å². The number of aliphatic hydroxyl groups excluding tert-OH is 1. The molecule has 3 rings (SSSR count). The first-order valence-corrected chi connectivity index (χ1v) is 8.86. The summed E-state index contributed by atoms with van der Waals surface area (Å²) in [4.78, 5) is 12.0. The summed E-state index contributed by atoms with van der Waals surface area (Å²) in [5, 5.41) is 13.0. The van der Waals surface area contributed by atoms with Gasteiger partial charge in [-0.05, 0) is 36.8 Å². The first-order chi connectivity index (χ1) is 13.2. The molecule has 0 aromatic heterocycles. The predicted molar refractivity (Wildman–Crippen MR) is 98.5 cm³/mol. The second-order valence-corrected chi connectivity index (χ2v) is 5.89. The van der Waals surface area contributed by atoms with Crippen molar-refractivity contribution in [2.24, 2.45) is 0 Å². The third kappa shape index (κ3) is 5.04. The summed E-state index contributed by atoms with van der Waals surface area (Å²) in [5.41, 5.74) is 0.641. The summed E-state index contributed by atoms with van der Waals surface area (Å²) in [5.74, 6) is 2.01. The van der Waals surface area contributed by atoms with Crippen LogP contribution in [-0.2, 0) is 4.79 Å². The molecule has 2 N–H and O–H groups in total. The molecule has 0 fully saturated rings. The van der Waals surface area contributed by atoms with E-state index in [4.69, 9.17) is 18.9 Å². The largest absolute Gasteiger partial charge is 0.490 e. The molecule has 7 nitrogen and oxygen atoms in total. The summed E-state index contributed by atoms with van der Waals surface area (Å²) in [6.07, 6.45) is -0.861. The highest BCUT2D eigenvalue weighted by atomic mass is 16.6. The Hall–Kier alpha value is -2.93. The van der Waals surface area contributed by atoms with Crippen LogP contribution in [0.2, 0.25) is 0 Å². The number of carbonyl (C=O) groups is 1. The molecule has 1 unspecified atom stereocenters. The minimum Gasteiger partial charge on any atom is -0.490 e. The maximum Gasteiger partial charge on any atom is 0.258 e. The number of carbonyl (C=O) groups excluding carboxylic acids is 1. The lowest BCUT2D eigenvalue weighted by Crippen LogP contribution is -2.32. The van der Waals surface area contributed by atoms with E-state index in [1.165, 1.54) is 0 Å². The maximum atomic E-state index is 12.0. The van der Waals surface area contributed by atoms with Crippen molar-refractivity contribution in [2.75, 3.05) is 33.0 Å². The summed E-state index contributed by atoms with van der Waals surface area (Å²) in [6.45, 7) is 3.27. The van der Waals surface area contributed by atoms with Crippen molar-refractivity contribution in [3.63, 3.8) is 0 Å². The predicted octanol–water partition coefficient (Wildman–Crippen LogP) is 2.09. The van der Waals surface area contributed by atoms with Gasteiger partial charge in [-0.2, -0.15) is 0 Å². The maximum absolute atomic E-state index is 12.0. The number of ether oxygens (including phenoxy) is 4. The van der Waals surface area contributed by atoms with Gasteiger partial charge in [0.1, 0.15) is 13.2 Å². The van der Waals surface area contributed by atoms with Crippen molar-refractivity contribution < 1.29 is 28.8 Å². The van der Waals surface area contributed by atoms with Gasteiger partial charge in [-0.25, -0.2) is 0 Å². The molecular weight excluding hydrogens is 350 g/mol. The van der Waals surface area contributed by atoms with Crippen molar-refractivity contribution in [1.29, 1.82) is 0 Å². The fraction of sp³-hybridized carbons (Fsp3) is 0.350. The van der Waals surface area contributed by atoms with E-state index in [1.807, 2.05) is 13.0 Å². The Balaban J connectivity index is 1.49. The molecule has 0 saturated heterocycles. The highest BCUT2D eigenvalue weighted by molar-refractivity contribution is 5.77. The quantitative estimate of drug-likeness (QED) is 0.737. The van der Waals surface area contributed by atoms with Crippen LogP contribution >= 0.6 is 0 Å². The van der Waals surface area contributed by atoms with Gasteiger partial charge in [0.2, 0.25) is 0 Å². The molecule has 0 spiro atoms. The zero-order valence-electron chi connectivity index (χ0n) is 15.1. The number of hydrogen-bond donors (Lipinski definition) is 2. The van der Waals surface area contributed by atoms with Crippen LogP contribution in [0, 0.1) is 0 Å². The van der Waals surface area contributed by atoms with Crippen LogP contribution in [0.5, 0.6) is 23.0 Å². The molecule has 0 radical (unpaired) electrons. The smallest absolute Gasteiger partial charge is 0.258 e. The van der Waals surface area contributed by atoms with Gasteiger partial charge < -0.3 is 29.4 Å². The number of hydrogen-bond acceptors (Lipinski definition) is 6. The number of amides is 1. The van der Waals surface area contributed by atoms with Gasteiger partial charge >= 0.3 is 0 Å². The molecule has 2 aromatic rings. The van der Waals surface area contributed by atoms with Gasteiger partial charge in [0.15, 0.2) is 29.6 Å². The van der Waals surface area contributed by atoms with Crippen molar-refractivity contribution >= 4 is 5.91 Å². The SMILES string of the molecule is CCOc1ccccc1OCC(=O)NCC(O)c1ccc2c(c1)OCCO2. The summed E-state index contributed by atoms with van der Waals surface area (Å²) < 4.78 is 21.9. The van der Waals surface area contributed by atoms with Crippen molar-refractivity contribution in [2.45, 2.75) is 13.0 Å². The zero-order chi connectivity index (χ0) is 19.1. The highest BCUT2D eigenvalue weighted by Gasteiger charge is 2.16. The van der Waals surface area contributed by atoms with Crippen LogP contribution in [0.4, 0.5) is 0 Å². The van der Waals surface area contributed by atoms with Crippen LogP contribution < -0.4 is 24.3 Å². The lowest BCUT2D eigenvalue weighted by molar-refractivity contribution is -0.123. The Morgan fingerprint density at radius 1 is 1.11 bits per heavy atom. The highest BCUT2D eigenvalue weighted by Crippen LogP contribution is 2.32. The molecule has 0 saturated carbocycles. The number of para-hydroxylation sites is 2. The van der Waals surface area contributed by atoms with E-state index in [0.29, 0.717) is 48.4 Å². The lowest BCUT2D eigenvalue weighted by Gasteiger charge is -2.20. The van der Waals surface area contributed by atoms with Crippen LogP contribution in [0.15, 0.2) is 42.5 Å². The molecule has 0 bridgehead atoms. The minimum atomic E-state index is -0.861. The van der Waals surface area contributed by atoms with Gasteiger partial charge in [-0.3, -0.25) is 4.79 Å². The molecule has 144 valence electrons. The van der Waals surface area contributed by atoms with E-state index in [9.17, 15) is 9.90 Å². The van der Waals surface area contributed by atoms with Crippen molar-refractivity contribution in [1.82, 2.24) is 5.32 Å². The summed E-state index contributed by atoms with van der Waals surface area (Å²) >= 11 is 0. The van der Waals surface area contributed by atoms with Crippen molar-refractivity contribution in [3.05, 3.63) is 48.0 Å². The Morgan fingerprint density at radius 2 is 1.81 bits per heavy atom. The molecule has 0 aliphatic carbocycles. The monoisotopic (exact) mass is 373 g/mol.